The van der Waals surface area contributed by atoms with Crippen molar-refractivity contribution >= 4 is 171 Å². The largest absolute Gasteiger partial charge is 0.481 e. The van der Waals surface area contributed by atoms with Gasteiger partial charge in [-0.15, -0.1) is 70.6 Å². The molecule has 5 heterocycles. The van der Waals surface area contributed by atoms with Crippen LogP contribution in [0.2, 0.25) is 0 Å². The molecule has 8 unspecified atom stereocenters. The number of imide groups is 5. The third kappa shape index (κ3) is 45.3. The molecule has 6 rings (SSSR count). The number of hydrogen-bond acceptors (Lipinski definition) is 27. The van der Waals surface area contributed by atoms with Gasteiger partial charge < -0.3 is 31.4 Å². The van der Waals surface area contributed by atoms with Crippen LogP contribution < -0.4 is 16.8 Å². The second kappa shape index (κ2) is 50.9. The van der Waals surface area contributed by atoms with Gasteiger partial charge in [0, 0.05) is 126 Å². The van der Waals surface area contributed by atoms with E-state index in [1.807, 2.05) is 125 Å². The fourth-order valence-corrected chi connectivity index (χ4v) is 22.1. The highest BCUT2D eigenvalue weighted by Crippen LogP contribution is 2.43. The summed E-state index contributed by atoms with van der Waals surface area (Å²) >= 11 is 9.00. The van der Waals surface area contributed by atoms with Gasteiger partial charge in [-0.2, -0.15) is 0 Å². The van der Waals surface area contributed by atoms with Crippen LogP contribution in [0.1, 0.15) is 339 Å². The minimum Gasteiger partial charge on any atom is -0.481 e. The van der Waals surface area contributed by atoms with Crippen molar-refractivity contribution in [2.45, 2.75) is 417 Å². The van der Waals surface area contributed by atoms with Crippen molar-refractivity contribution in [2.24, 2.45) is 50.4 Å². The van der Waals surface area contributed by atoms with Crippen LogP contribution in [0.4, 0.5) is 0 Å². The first kappa shape index (κ1) is 124. The zero-order valence-corrected chi connectivity index (χ0v) is 91.3. The van der Waals surface area contributed by atoms with Gasteiger partial charge in [0.15, 0.2) is 11.6 Å². The van der Waals surface area contributed by atoms with Gasteiger partial charge in [-0.3, -0.25) is 106 Å². The molecule has 0 aromatic heterocycles. The molecule has 5 aliphatic heterocycles. The number of hydrogen-bond donors (Lipinski definition) is 4. The summed E-state index contributed by atoms with van der Waals surface area (Å²) < 4.78 is 9.94. The Hall–Kier alpha value is -5.23. The molecule has 752 valence electrons. The van der Waals surface area contributed by atoms with E-state index in [4.69, 9.17) is 26.0 Å². The van der Waals surface area contributed by atoms with Gasteiger partial charge in [-0.1, -0.05) is 214 Å². The lowest BCUT2D eigenvalue weighted by Gasteiger charge is -2.33. The highest BCUT2D eigenvalue weighted by molar-refractivity contribution is 8.03. The van der Waals surface area contributed by atoms with Crippen molar-refractivity contribution in [3.8, 4) is 0 Å². The summed E-state index contributed by atoms with van der Waals surface area (Å²) in [6.45, 7) is 71.6. The second-order valence-corrected chi connectivity index (χ2v) is 58.6. The normalized spacial score (nSPS) is 21.2. The Kier molecular flexibility index (Phi) is 48.1. The molecule has 0 spiro atoms. The number of Topliss-reactive ketones (excluding diaryl/α,β-unsaturated/α-hetero) is 4. The second-order valence-electron chi connectivity index (χ2n) is 46.5. The highest BCUT2D eigenvalue weighted by Gasteiger charge is 2.50. The Morgan fingerprint density at radius 2 is 0.802 bits per heavy atom. The van der Waals surface area contributed by atoms with E-state index >= 15 is 0 Å². The maximum atomic E-state index is 12.6. The number of aliphatic carboxylic acids is 1. The first-order chi connectivity index (χ1) is 58.9. The number of nitrogens with one attached hydrogen (secondary N) is 1. The number of esters is 1. The van der Waals surface area contributed by atoms with E-state index in [0.717, 1.165) is 49.8 Å². The van der Waals surface area contributed by atoms with Crippen molar-refractivity contribution < 1.29 is 96.1 Å². The van der Waals surface area contributed by atoms with Gasteiger partial charge in [0.2, 0.25) is 65.0 Å². The molecule has 28 nitrogen and oxygen atoms in total. The Morgan fingerprint density at radius 3 is 1.16 bits per heavy atom. The van der Waals surface area contributed by atoms with Crippen LogP contribution in [0.15, 0.2) is 0 Å². The summed E-state index contributed by atoms with van der Waals surface area (Å²) in [5.74, 6) is -2.11. The molecule has 0 aromatic carbocycles. The van der Waals surface area contributed by atoms with Crippen LogP contribution in [0.5, 0.6) is 0 Å². The van der Waals surface area contributed by atoms with E-state index in [1.54, 1.807) is 97.6 Å². The predicted octanol–water partition coefficient (Wildman–Crippen LogP) is 15.6. The Balaban J connectivity index is 0.000000789. The number of nitrogens with zero attached hydrogens (tertiary/aromatic N) is 5. The number of ether oxygens (including phenoxy) is 2. The predicted molar refractivity (Wildman–Crippen MR) is 533 cm³/mol. The van der Waals surface area contributed by atoms with Gasteiger partial charge in [0.1, 0.15) is 30.3 Å². The van der Waals surface area contributed by atoms with Crippen molar-refractivity contribution in [1.82, 2.24) is 29.8 Å². The number of unbranched alkanes of at least 4 members (excludes halogenated alkanes) is 2. The summed E-state index contributed by atoms with van der Waals surface area (Å²) in [5.41, 5.74) is 8.50. The van der Waals surface area contributed by atoms with Gasteiger partial charge in [0.05, 0.1) is 63.1 Å². The Morgan fingerprint density at radius 1 is 0.412 bits per heavy atom. The molecule has 6 fully saturated rings. The molecule has 0 aromatic rings. The number of thioether (sulfide) groups is 6. The van der Waals surface area contributed by atoms with Gasteiger partial charge in [-0.25, -0.2) is 0 Å². The molecule has 5 saturated heterocycles. The Labute approximate surface area is 810 Å². The lowest BCUT2D eigenvalue weighted by molar-refractivity contribution is -0.154. The molecule has 11 amide bonds. The van der Waals surface area contributed by atoms with E-state index in [1.165, 1.54) is 54.9 Å². The number of ketones is 4. The molecule has 0 radical (unpaired) electrons. The topological polar surface area (TPSA) is 409 Å². The van der Waals surface area contributed by atoms with Gasteiger partial charge in [-0.05, 0) is 86.0 Å². The minimum atomic E-state index is -1.05. The van der Waals surface area contributed by atoms with E-state index in [-0.39, 0.29) is 207 Å². The van der Waals surface area contributed by atoms with E-state index < -0.39 is 56.2 Å². The standard InChI is InChI=1S/C20H33NO3S.C18H31NO3S.C17H29NO5S.C15H28N2O4S.C15H26N2O3S.C12H21NO2S/c1-19(2,3)17(23)14-9-7-13(8-10-14)12-21-16(22)11-15(18(21)24)25-20(4,5)6;1-17(2,3)14(20)10-8-7-9-11-19-15(21)12-13(16(19)22)23-18(4,5)6;1-16(2,3)15(21)23-10-9-22-8-7-18-13(19)11-12(14(18)20)24-17(4,5)6;1-14(2,3)12(20)9(8-16)17-13(21)10(7-11(18)19)22-15(4,5)6;1-14(2,3)12(19)9(8-16)17-11(18)7-10(13(17)20)21-15(4,5)6;1-11(2,3)13-9(14)7-8(10(13)15)16-12(4,5)6/h13-15H,7-12H2,1-6H3;13H,7-12H2,1-6H3;12H,7-11H2,1-6H3;9-10H,7-8,16H2,1-6H3,(H,17,21)(H,18,19);9-10H,7-8,16H2,1-6H3;8H,7H2,1-6H3. The third-order valence-electron chi connectivity index (χ3n) is 20.4. The number of carboxylic acid groups (broad SMARTS) is 1. The van der Waals surface area contributed by atoms with Crippen LogP contribution in [-0.4, -0.2) is 260 Å². The quantitative estimate of drug-likeness (QED) is 0.0295. The number of nitrogens with two attached hydrogens (primary N) is 2. The van der Waals surface area contributed by atoms with E-state index in [2.05, 4.69) is 67.6 Å². The first-order valence-corrected chi connectivity index (χ1v) is 51.3. The van der Waals surface area contributed by atoms with Gasteiger partial charge >= 0.3 is 11.9 Å². The zero-order valence-electron chi connectivity index (χ0n) is 86.4. The smallest absolute Gasteiger partial charge is 0.311 e. The SMILES string of the molecule is CC(C)(C)SC(CC(=O)O)C(=O)NC(CN)C(=O)C(C)(C)C.CC(C)(C)SC1CC(=O)N(C(C)(C)C)C1=O.CC(C)(C)SC1CC(=O)N(C(CN)C(=O)C(C)(C)C)C1=O.CC(C)(C)SC1CC(=O)N(CC2CCC(C(=O)C(C)(C)C)CC2)C1=O.CC(C)(C)SC1CC(=O)N(CCCCCC(=O)C(C)(C)C)C1=O.CC(C)(C)SC1CC(=O)N(CCOCCOC(=O)C(C)(C)C)C1=O. The average molecular weight is 1960 g/mol. The molecule has 8 atom stereocenters. The molecule has 34 heteroatoms. The lowest BCUT2D eigenvalue weighted by atomic mass is 9.73. The molecule has 6 N–H and O–H groups in total. The van der Waals surface area contributed by atoms with Crippen molar-refractivity contribution in [3.05, 3.63) is 0 Å². The number of amides is 11. The maximum Gasteiger partial charge on any atom is 0.311 e. The summed E-state index contributed by atoms with van der Waals surface area (Å²) in [5, 5.41) is 9.43. The number of carboxylic acids is 1. The molecule has 131 heavy (non-hydrogen) atoms. The van der Waals surface area contributed by atoms with Crippen LogP contribution in [-0.2, 0) is 91.0 Å². The van der Waals surface area contributed by atoms with Crippen LogP contribution in [0.25, 0.3) is 0 Å². The first-order valence-electron chi connectivity index (χ1n) is 46.1. The minimum absolute atomic E-state index is 0.00843. The molecule has 0 bridgehead atoms. The van der Waals surface area contributed by atoms with E-state index in [0.29, 0.717) is 50.5 Å². The van der Waals surface area contributed by atoms with Crippen LogP contribution in [0.3, 0.4) is 0 Å². The Bertz CT molecular complexity index is 3950. The number of rotatable bonds is 30. The van der Waals surface area contributed by atoms with Crippen molar-refractivity contribution in [2.75, 3.05) is 52.5 Å². The van der Waals surface area contributed by atoms with Gasteiger partial charge in [0.25, 0.3) is 0 Å². The van der Waals surface area contributed by atoms with Crippen LogP contribution >= 0.6 is 70.6 Å². The summed E-state index contributed by atoms with van der Waals surface area (Å²) in [4.78, 5) is 213. The number of likely N-dealkylation sites (tertiary alicyclic amines) is 5. The average Bonchev–Trinajstić information content (AvgIpc) is 1.66. The molecule has 1 saturated carbocycles. The third-order valence-corrected chi connectivity index (χ3v) is 28.6. The maximum absolute atomic E-state index is 12.6. The highest BCUT2D eigenvalue weighted by atomic mass is 32.2. The van der Waals surface area contributed by atoms with Crippen molar-refractivity contribution in [1.29, 1.82) is 0 Å². The zero-order chi connectivity index (χ0) is 102. The summed E-state index contributed by atoms with van der Waals surface area (Å²) in [6, 6.07) is -1.65. The number of carbonyl (C=O) groups excluding carboxylic acids is 16. The summed E-state index contributed by atoms with van der Waals surface area (Å²) in [7, 11) is 0. The summed E-state index contributed by atoms with van der Waals surface area (Å²) in [6.07, 6.45) is 7.79. The van der Waals surface area contributed by atoms with Crippen LogP contribution in [0, 0.1) is 38.9 Å². The number of carbonyl (C=O) groups is 17. The molecule has 1 aliphatic carbocycles. The molecular formula is C97H168N8O20S6. The monoisotopic (exact) mass is 1960 g/mol. The van der Waals surface area contributed by atoms with Crippen molar-refractivity contribution in [3.63, 3.8) is 0 Å². The molecular weight excluding hydrogens is 1790 g/mol. The van der Waals surface area contributed by atoms with E-state index in [9.17, 15) is 81.5 Å². The fraction of sp³-hybridized carbons (Fsp3) is 0.825. The fourth-order valence-electron chi connectivity index (χ4n) is 14.3. The lowest BCUT2D eigenvalue weighted by Crippen LogP contribution is -2.52. The molecule has 6 aliphatic rings.